The zero-order chi connectivity index (χ0) is 30.1. The van der Waals surface area contributed by atoms with Crippen molar-refractivity contribution in [3.8, 4) is 17.2 Å². The number of hydrogen-bond donors (Lipinski definition) is 2. The van der Waals surface area contributed by atoms with Crippen LogP contribution in [0.4, 0.5) is 15.8 Å². The zero-order valence-electron chi connectivity index (χ0n) is 24.3. The van der Waals surface area contributed by atoms with Crippen LogP contribution in [0.2, 0.25) is 0 Å². The fraction of sp³-hybridized carbons (Fsp3) is 0.229. The van der Waals surface area contributed by atoms with Crippen LogP contribution in [0, 0.1) is 11.2 Å². The highest BCUT2D eigenvalue weighted by Gasteiger charge is 2.43. The quantitative estimate of drug-likeness (QED) is 0.229. The minimum Gasteiger partial charge on any atom is -0.506 e. The number of carbonyl (C=O) groups excluding carboxylic acids is 1. The van der Waals surface area contributed by atoms with Crippen molar-refractivity contribution in [2.45, 2.75) is 32.9 Å². The SMILES string of the molecule is COc1cc(OCc2ccccc2)ccc1C1C2=C(CC(C)(C)CO2)Nc2c(O)cccc2N1C(=O)c1ccccc1F. The van der Waals surface area contributed by atoms with Crippen molar-refractivity contribution >= 4 is 17.3 Å². The van der Waals surface area contributed by atoms with Gasteiger partial charge < -0.3 is 24.6 Å². The van der Waals surface area contributed by atoms with E-state index in [2.05, 4.69) is 19.2 Å². The summed E-state index contributed by atoms with van der Waals surface area (Å²) >= 11 is 0. The van der Waals surface area contributed by atoms with E-state index in [1.165, 1.54) is 23.1 Å². The van der Waals surface area contributed by atoms with E-state index in [0.29, 0.717) is 53.8 Å². The minimum absolute atomic E-state index is 0.0451. The van der Waals surface area contributed by atoms with E-state index < -0.39 is 17.8 Å². The predicted octanol–water partition coefficient (Wildman–Crippen LogP) is 7.59. The molecule has 43 heavy (non-hydrogen) atoms. The molecule has 8 heteroatoms. The number of carbonyl (C=O) groups is 1. The Bertz CT molecular complexity index is 1700. The van der Waals surface area contributed by atoms with E-state index in [9.17, 15) is 9.90 Å². The predicted molar refractivity (Wildman–Crippen MR) is 163 cm³/mol. The first kappa shape index (κ1) is 28.2. The number of amides is 1. The monoisotopic (exact) mass is 580 g/mol. The normalized spacial score (nSPS) is 17.1. The van der Waals surface area contributed by atoms with Crippen LogP contribution in [0.25, 0.3) is 0 Å². The lowest BCUT2D eigenvalue weighted by Crippen LogP contribution is -2.39. The van der Waals surface area contributed by atoms with Gasteiger partial charge in [-0.05, 0) is 48.4 Å². The molecule has 4 aromatic rings. The molecule has 1 atom stereocenters. The Labute approximate surface area is 250 Å². The van der Waals surface area contributed by atoms with Crippen LogP contribution in [0.3, 0.4) is 0 Å². The molecule has 7 nitrogen and oxygen atoms in total. The molecule has 0 bridgehead atoms. The number of allylic oxidation sites excluding steroid dienone is 1. The Morgan fingerprint density at radius 2 is 1.81 bits per heavy atom. The number of benzene rings is 4. The molecular formula is C35H33FN2O5. The third kappa shape index (κ3) is 5.48. The Morgan fingerprint density at radius 1 is 1.05 bits per heavy atom. The molecule has 1 unspecified atom stereocenters. The Hall–Kier alpha value is -4.98. The van der Waals surface area contributed by atoms with Crippen molar-refractivity contribution < 1.29 is 28.5 Å². The number of fused-ring (bicyclic) bond motifs is 1. The van der Waals surface area contributed by atoms with E-state index >= 15 is 4.39 Å². The van der Waals surface area contributed by atoms with Gasteiger partial charge >= 0.3 is 0 Å². The van der Waals surface area contributed by atoms with Crippen molar-refractivity contribution in [1.82, 2.24) is 0 Å². The number of rotatable bonds is 6. The number of phenolic OH excluding ortho intramolecular Hbond substituents is 1. The molecule has 0 aromatic heterocycles. The first-order valence-electron chi connectivity index (χ1n) is 14.1. The lowest BCUT2D eigenvalue weighted by atomic mass is 9.85. The van der Waals surface area contributed by atoms with Crippen molar-refractivity contribution in [2.24, 2.45) is 5.41 Å². The summed E-state index contributed by atoms with van der Waals surface area (Å²) in [4.78, 5) is 15.9. The molecule has 2 aliphatic rings. The number of methoxy groups -OCH3 is 1. The average molecular weight is 581 g/mol. The van der Waals surface area contributed by atoms with E-state index in [1.54, 1.807) is 37.4 Å². The van der Waals surface area contributed by atoms with Crippen LogP contribution in [0.1, 0.15) is 47.8 Å². The minimum atomic E-state index is -0.855. The van der Waals surface area contributed by atoms with Gasteiger partial charge in [0.1, 0.15) is 47.2 Å². The third-order valence-corrected chi connectivity index (χ3v) is 7.70. The first-order chi connectivity index (χ1) is 20.8. The number of nitrogens with zero attached hydrogens (tertiary/aromatic N) is 1. The molecule has 4 aromatic carbocycles. The summed E-state index contributed by atoms with van der Waals surface area (Å²) in [5.41, 5.74) is 2.75. The van der Waals surface area contributed by atoms with Crippen LogP contribution in [-0.2, 0) is 11.3 Å². The first-order valence-corrected chi connectivity index (χ1v) is 14.1. The number of phenols is 1. The van der Waals surface area contributed by atoms with Gasteiger partial charge in [-0.2, -0.15) is 0 Å². The smallest absolute Gasteiger partial charge is 0.262 e. The highest BCUT2D eigenvalue weighted by Crippen LogP contribution is 2.51. The van der Waals surface area contributed by atoms with E-state index in [4.69, 9.17) is 14.2 Å². The third-order valence-electron chi connectivity index (χ3n) is 7.70. The number of nitrogens with one attached hydrogen (secondary N) is 1. The van der Waals surface area contributed by atoms with Gasteiger partial charge in [-0.1, -0.05) is 62.4 Å². The molecule has 0 aliphatic carbocycles. The summed E-state index contributed by atoms with van der Waals surface area (Å²) in [6.07, 6.45) is 0.592. The van der Waals surface area contributed by atoms with Crippen molar-refractivity contribution in [2.75, 3.05) is 23.9 Å². The van der Waals surface area contributed by atoms with Crippen LogP contribution < -0.4 is 19.7 Å². The van der Waals surface area contributed by atoms with E-state index in [1.807, 2.05) is 42.5 Å². The molecule has 0 spiro atoms. The summed E-state index contributed by atoms with van der Waals surface area (Å²) in [6, 6.07) is 25.2. The second-order valence-corrected chi connectivity index (χ2v) is 11.5. The number of ether oxygens (including phenoxy) is 3. The molecule has 2 aliphatic heterocycles. The molecule has 1 amide bonds. The molecule has 220 valence electrons. The topological polar surface area (TPSA) is 80.3 Å². The van der Waals surface area contributed by atoms with Gasteiger partial charge in [-0.25, -0.2) is 4.39 Å². The van der Waals surface area contributed by atoms with Crippen LogP contribution in [0.5, 0.6) is 17.2 Å². The maximum absolute atomic E-state index is 15.1. The van der Waals surface area contributed by atoms with Gasteiger partial charge in [-0.15, -0.1) is 0 Å². The van der Waals surface area contributed by atoms with Crippen LogP contribution >= 0.6 is 0 Å². The molecule has 6 rings (SSSR count). The Morgan fingerprint density at radius 3 is 2.58 bits per heavy atom. The van der Waals surface area contributed by atoms with Gasteiger partial charge in [-0.3, -0.25) is 9.69 Å². The highest BCUT2D eigenvalue weighted by atomic mass is 19.1. The summed E-state index contributed by atoms with van der Waals surface area (Å²) in [7, 11) is 1.55. The standard InChI is InChI=1S/C35H33FN2O5/c1-35(2)19-27-33(43-21-35)32(25-17-16-23(18-30(25)41-3)42-20-22-10-5-4-6-11-22)38(28-14-9-15-29(39)31(28)37-27)34(40)24-12-7-8-13-26(24)36/h4-18,32,37,39H,19-21H2,1-3H3. The molecule has 0 saturated carbocycles. The number of halogens is 1. The highest BCUT2D eigenvalue weighted by molar-refractivity contribution is 6.09. The zero-order valence-corrected chi connectivity index (χ0v) is 24.3. The molecule has 0 fully saturated rings. The maximum atomic E-state index is 15.1. The maximum Gasteiger partial charge on any atom is 0.262 e. The van der Waals surface area contributed by atoms with Gasteiger partial charge in [0, 0.05) is 17.0 Å². The van der Waals surface area contributed by atoms with Gasteiger partial charge in [0.05, 0.1) is 30.7 Å². The number of para-hydroxylation sites is 1. The molecule has 0 saturated heterocycles. The lowest BCUT2D eigenvalue weighted by molar-refractivity contribution is 0.0757. The van der Waals surface area contributed by atoms with Crippen molar-refractivity contribution in [1.29, 1.82) is 0 Å². The number of anilines is 2. The van der Waals surface area contributed by atoms with Gasteiger partial charge in [0.15, 0.2) is 0 Å². The fourth-order valence-electron chi connectivity index (χ4n) is 5.61. The number of hydrogen-bond acceptors (Lipinski definition) is 6. The van der Waals surface area contributed by atoms with E-state index in [0.717, 1.165) is 11.3 Å². The van der Waals surface area contributed by atoms with Crippen LogP contribution in [-0.4, -0.2) is 24.7 Å². The summed E-state index contributed by atoms with van der Waals surface area (Å²) in [5, 5.41) is 14.4. The number of aromatic hydroxyl groups is 1. The molecular weight excluding hydrogens is 547 g/mol. The molecule has 2 heterocycles. The van der Waals surface area contributed by atoms with Crippen molar-refractivity contribution in [3.05, 3.63) is 125 Å². The Balaban J connectivity index is 1.53. The molecule has 0 radical (unpaired) electrons. The summed E-state index contributed by atoms with van der Waals surface area (Å²) in [5.74, 6) is 0.256. The van der Waals surface area contributed by atoms with Crippen molar-refractivity contribution in [3.63, 3.8) is 0 Å². The summed E-state index contributed by atoms with van der Waals surface area (Å²) in [6.45, 7) is 4.95. The lowest BCUT2D eigenvalue weighted by Gasteiger charge is -2.38. The average Bonchev–Trinajstić information content (AvgIpc) is 3.14. The van der Waals surface area contributed by atoms with E-state index in [-0.39, 0.29) is 16.7 Å². The largest absolute Gasteiger partial charge is 0.506 e. The fourth-order valence-corrected chi connectivity index (χ4v) is 5.61. The van der Waals surface area contributed by atoms with Gasteiger partial charge in [0.2, 0.25) is 0 Å². The second-order valence-electron chi connectivity index (χ2n) is 11.5. The summed E-state index contributed by atoms with van der Waals surface area (Å²) < 4.78 is 33.6. The Kier molecular flexibility index (Phi) is 7.44. The molecule has 2 N–H and O–H groups in total. The van der Waals surface area contributed by atoms with Gasteiger partial charge in [0.25, 0.3) is 5.91 Å². The van der Waals surface area contributed by atoms with Crippen LogP contribution in [0.15, 0.2) is 102 Å². The second kappa shape index (κ2) is 11.4.